The molecule has 0 aromatic carbocycles. The van der Waals surface area contributed by atoms with Crippen LogP contribution in [0.25, 0.3) is 0 Å². The first-order valence-electron chi connectivity index (χ1n) is 6.26. The number of carbonyl (C=O) groups excluding carboxylic acids is 1. The van der Waals surface area contributed by atoms with Gasteiger partial charge in [-0.15, -0.1) is 0 Å². The minimum Gasteiger partial charge on any atom is -0.391 e. The van der Waals surface area contributed by atoms with Crippen LogP contribution in [0.3, 0.4) is 0 Å². The van der Waals surface area contributed by atoms with Crippen LogP contribution < -0.4 is 5.32 Å². The number of nitrogens with zero attached hydrogens (tertiary/aromatic N) is 1. The summed E-state index contributed by atoms with van der Waals surface area (Å²) in [5.74, 6) is -0.919. The van der Waals surface area contributed by atoms with Gasteiger partial charge in [-0.05, 0) is 18.9 Å². The Morgan fingerprint density at radius 1 is 1.33 bits per heavy atom. The molecule has 1 amide bonds. The first-order valence-corrected chi connectivity index (χ1v) is 6.26. The predicted molar refractivity (Wildman–Crippen MR) is 64.5 cm³/mol. The van der Waals surface area contributed by atoms with Crippen LogP contribution in [0.2, 0.25) is 0 Å². The highest BCUT2D eigenvalue weighted by molar-refractivity contribution is 5.94. The summed E-state index contributed by atoms with van der Waals surface area (Å²) >= 11 is 0. The van der Waals surface area contributed by atoms with Crippen molar-refractivity contribution in [2.75, 3.05) is 0 Å². The third kappa shape index (κ3) is 3.26. The second-order valence-electron chi connectivity index (χ2n) is 4.68. The number of carbonyl (C=O) groups is 1. The number of halogens is 1. The maximum absolute atomic E-state index is 13.0. The van der Waals surface area contributed by atoms with Gasteiger partial charge >= 0.3 is 0 Å². The third-order valence-electron chi connectivity index (χ3n) is 3.26. The second-order valence-corrected chi connectivity index (χ2v) is 4.68. The molecule has 0 saturated heterocycles. The molecule has 2 rings (SSSR count). The fourth-order valence-corrected chi connectivity index (χ4v) is 2.24. The molecular formula is C13H17FN2O2. The lowest BCUT2D eigenvalue weighted by Crippen LogP contribution is -2.42. The first-order chi connectivity index (χ1) is 8.66. The fourth-order valence-electron chi connectivity index (χ4n) is 2.24. The largest absolute Gasteiger partial charge is 0.391 e. The van der Waals surface area contributed by atoms with Crippen LogP contribution in [-0.4, -0.2) is 28.1 Å². The van der Waals surface area contributed by atoms with Crippen LogP contribution in [0.15, 0.2) is 18.5 Å². The van der Waals surface area contributed by atoms with Gasteiger partial charge < -0.3 is 10.4 Å². The molecule has 1 aromatic heterocycles. The quantitative estimate of drug-likeness (QED) is 0.787. The Bertz CT molecular complexity index is 425. The number of pyridine rings is 1. The fraction of sp³-hybridized carbons (Fsp3) is 0.538. The monoisotopic (exact) mass is 252 g/mol. The van der Waals surface area contributed by atoms with Crippen LogP contribution in [-0.2, 0) is 0 Å². The van der Waals surface area contributed by atoms with E-state index in [1.165, 1.54) is 6.20 Å². The SMILES string of the molecule is O=C(NC1CCCCCC1O)c1cncc(F)c1. The average molecular weight is 252 g/mol. The molecule has 2 atom stereocenters. The number of hydrogen-bond acceptors (Lipinski definition) is 3. The van der Waals surface area contributed by atoms with Crippen molar-refractivity contribution in [3.05, 3.63) is 29.8 Å². The summed E-state index contributed by atoms with van der Waals surface area (Å²) in [6, 6.07) is 0.897. The predicted octanol–water partition coefficient (Wildman–Crippen LogP) is 1.64. The first kappa shape index (κ1) is 13.0. The molecular weight excluding hydrogens is 235 g/mol. The van der Waals surface area contributed by atoms with Crippen LogP contribution in [0, 0.1) is 5.82 Å². The molecule has 98 valence electrons. The zero-order chi connectivity index (χ0) is 13.0. The minimum atomic E-state index is -0.538. The van der Waals surface area contributed by atoms with Crippen molar-refractivity contribution in [2.24, 2.45) is 0 Å². The molecule has 1 fully saturated rings. The summed E-state index contributed by atoms with van der Waals surface area (Å²) in [4.78, 5) is 15.5. The van der Waals surface area contributed by atoms with Crippen molar-refractivity contribution in [1.82, 2.24) is 10.3 Å². The highest BCUT2D eigenvalue weighted by atomic mass is 19.1. The summed E-state index contributed by atoms with van der Waals surface area (Å²) in [7, 11) is 0. The van der Waals surface area contributed by atoms with Crippen molar-refractivity contribution >= 4 is 5.91 Å². The van der Waals surface area contributed by atoms with Crippen molar-refractivity contribution in [2.45, 2.75) is 44.2 Å². The van der Waals surface area contributed by atoms with Gasteiger partial charge in [-0.1, -0.05) is 19.3 Å². The van der Waals surface area contributed by atoms with E-state index in [4.69, 9.17) is 0 Å². The van der Waals surface area contributed by atoms with E-state index in [2.05, 4.69) is 10.3 Å². The Labute approximate surface area is 105 Å². The standard InChI is InChI=1S/C13H17FN2O2/c14-10-6-9(7-15-8-10)13(18)16-11-4-2-1-3-5-12(11)17/h6-8,11-12,17H,1-5H2,(H,16,18). The number of rotatable bonds is 2. The molecule has 0 radical (unpaired) electrons. The van der Waals surface area contributed by atoms with Gasteiger partial charge in [0.1, 0.15) is 5.82 Å². The molecule has 0 aliphatic heterocycles. The van der Waals surface area contributed by atoms with Gasteiger partial charge in [-0.3, -0.25) is 9.78 Å². The Hall–Kier alpha value is -1.49. The third-order valence-corrected chi connectivity index (χ3v) is 3.26. The Morgan fingerprint density at radius 3 is 2.89 bits per heavy atom. The molecule has 1 aromatic rings. The lowest BCUT2D eigenvalue weighted by Gasteiger charge is -2.21. The lowest BCUT2D eigenvalue weighted by molar-refractivity contribution is 0.0818. The number of aliphatic hydroxyl groups is 1. The minimum absolute atomic E-state index is 0.187. The molecule has 4 nitrogen and oxygen atoms in total. The molecule has 2 N–H and O–H groups in total. The summed E-state index contributed by atoms with van der Waals surface area (Å²) in [6.45, 7) is 0. The molecule has 1 saturated carbocycles. The van der Waals surface area contributed by atoms with E-state index in [0.29, 0.717) is 6.42 Å². The van der Waals surface area contributed by atoms with E-state index in [-0.39, 0.29) is 17.5 Å². The van der Waals surface area contributed by atoms with Gasteiger partial charge in [0, 0.05) is 6.20 Å². The molecule has 0 spiro atoms. The van der Waals surface area contributed by atoms with Crippen molar-refractivity contribution in [3.8, 4) is 0 Å². The maximum Gasteiger partial charge on any atom is 0.253 e. The van der Waals surface area contributed by atoms with Crippen LogP contribution >= 0.6 is 0 Å². The molecule has 1 heterocycles. The number of aliphatic hydroxyl groups excluding tert-OH is 1. The Morgan fingerprint density at radius 2 is 2.11 bits per heavy atom. The van der Waals surface area contributed by atoms with Gasteiger partial charge in [0.2, 0.25) is 0 Å². The number of nitrogens with one attached hydrogen (secondary N) is 1. The number of aromatic nitrogens is 1. The van der Waals surface area contributed by atoms with Crippen molar-refractivity contribution in [1.29, 1.82) is 0 Å². The topological polar surface area (TPSA) is 62.2 Å². The highest BCUT2D eigenvalue weighted by Crippen LogP contribution is 2.18. The smallest absolute Gasteiger partial charge is 0.253 e. The molecule has 0 bridgehead atoms. The molecule has 1 aliphatic rings. The zero-order valence-corrected chi connectivity index (χ0v) is 10.1. The summed E-state index contributed by atoms with van der Waals surface area (Å²) in [5.41, 5.74) is 0.187. The van der Waals surface area contributed by atoms with E-state index in [1.54, 1.807) is 0 Å². The average Bonchev–Trinajstić information content (AvgIpc) is 2.55. The van der Waals surface area contributed by atoms with E-state index in [9.17, 15) is 14.3 Å². The maximum atomic E-state index is 13.0. The summed E-state index contributed by atoms with van der Waals surface area (Å²) in [5, 5.41) is 12.7. The van der Waals surface area contributed by atoms with E-state index < -0.39 is 11.9 Å². The van der Waals surface area contributed by atoms with Crippen molar-refractivity contribution < 1.29 is 14.3 Å². The van der Waals surface area contributed by atoms with E-state index in [1.807, 2.05) is 0 Å². The van der Waals surface area contributed by atoms with Gasteiger partial charge in [0.15, 0.2) is 0 Å². The van der Waals surface area contributed by atoms with Crippen LogP contribution in [0.4, 0.5) is 4.39 Å². The van der Waals surface area contributed by atoms with Crippen LogP contribution in [0.5, 0.6) is 0 Å². The van der Waals surface area contributed by atoms with Crippen LogP contribution in [0.1, 0.15) is 42.5 Å². The Balaban J connectivity index is 2.01. The van der Waals surface area contributed by atoms with Gasteiger partial charge in [0.05, 0.1) is 23.9 Å². The second kappa shape index (κ2) is 5.91. The lowest BCUT2D eigenvalue weighted by atomic mass is 10.1. The zero-order valence-electron chi connectivity index (χ0n) is 10.1. The molecule has 2 unspecified atom stereocenters. The van der Waals surface area contributed by atoms with Gasteiger partial charge in [-0.25, -0.2) is 4.39 Å². The molecule has 18 heavy (non-hydrogen) atoms. The highest BCUT2D eigenvalue weighted by Gasteiger charge is 2.23. The van der Waals surface area contributed by atoms with E-state index in [0.717, 1.165) is 37.9 Å². The number of amides is 1. The molecule has 1 aliphatic carbocycles. The van der Waals surface area contributed by atoms with E-state index >= 15 is 0 Å². The summed E-state index contributed by atoms with van der Waals surface area (Å²) in [6.07, 6.45) is 6.36. The summed E-state index contributed by atoms with van der Waals surface area (Å²) < 4.78 is 13.0. The normalized spacial score (nSPS) is 24.3. The van der Waals surface area contributed by atoms with Gasteiger partial charge in [-0.2, -0.15) is 0 Å². The molecule has 5 heteroatoms. The van der Waals surface area contributed by atoms with Gasteiger partial charge in [0.25, 0.3) is 5.91 Å². The van der Waals surface area contributed by atoms with Crippen molar-refractivity contribution in [3.63, 3.8) is 0 Å². The number of hydrogen-bond donors (Lipinski definition) is 2. The Kier molecular flexibility index (Phi) is 4.25.